The van der Waals surface area contributed by atoms with Gasteiger partial charge in [0.2, 0.25) is 0 Å². The number of hydrogen-bond donors (Lipinski definition) is 2. The Labute approximate surface area is 140 Å². The number of aliphatic carboxylic acids is 1. The molecule has 1 unspecified atom stereocenters. The molecule has 8 heteroatoms. The van der Waals surface area contributed by atoms with Crippen LogP contribution in [0.1, 0.15) is 30.4 Å². The molecule has 0 aliphatic rings. The maximum absolute atomic E-state index is 12.4. The van der Waals surface area contributed by atoms with Gasteiger partial charge in [0.1, 0.15) is 5.69 Å². The van der Waals surface area contributed by atoms with Gasteiger partial charge in [-0.1, -0.05) is 24.2 Å². The molecule has 0 bridgehead atoms. The third-order valence-corrected chi connectivity index (χ3v) is 5.39. The zero-order chi connectivity index (χ0) is 17.9. The first kappa shape index (κ1) is 18.0. The number of sulfonamides is 1. The summed E-state index contributed by atoms with van der Waals surface area (Å²) in [4.78, 5) is 11.1. The summed E-state index contributed by atoms with van der Waals surface area (Å²) in [5.74, 6) is -1.06. The van der Waals surface area contributed by atoms with E-state index in [1.807, 2.05) is 6.92 Å². The summed E-state index contributed by atoms with van der Waals surface area (Å²) in [5, 5.41) is 12.7. The van der Waals surface area contributed by atoms with Gasteiger partial charge in [0, 0.05) is 5.69 Å². The minimum absolute atomic E-state index is 0.0310. The summed E-state index contributed by atoms with van der Waals surface area (Å²) in [7, 11) is -3.79. The Morgan fingerprint density at radius 3 is 2.38 bits per heavy atom. The van der Waals surface area contributed by atoms with Gasteiger partial charge in [0.25, 0.3) is 10.0 Å². The number of aromatic nitrogens is 1. The minimum atomic E-state index is -3.79. The standard InChI is InChI=1S/C16H20N2O5S/c1-4-13(16(19)20)9-12-5-7-14(8-6-12)18-24(21,22)15-10(2)17-23-11(15)3/h5-8,13,18H,4,9H2,1-3H3,(H,19,20). The predicted molar refractivity (Wildman–Crippen MR) is 88.3 cm³/mol. The third kappa shape index (κ3) is 3.94. The second kappa shape index (κ2) is 7.04. The Bertz CT molecular complexity index is 805. The summed E-state index contributed by atoms with van der Waals surface area (Å²) in [6.45, 7) is 4.92. The highest BCUT2D eigenvalue weighted by atomic mass is 32.2. The first-order chi connectivity index (χ1) is 11.2. The van der Waals surface area contributed by atoms with Gasteiger partial charge in [-0.15, -0.1) is 0 Å². The summed E-state index contributed by atoms with van der Waals surface area (Å²) in [6, 6.07) is 6.66. The van der Waals surface area contributed by atoms with Crippen LogP contribution in [0.2, 0.25) is 0 Å². The van der Waals surface area contributed by atoms with E-state index < -0.39 is 21.9 Å². The van der Waals surface area contributed by atoms with Gasteiger partial charge in [-0.3, -0.25) is 9.52 Å². The average Bonchev–Trinajstić information content (AvgIpc) is 2.85. The van der Waals surface area contributed by atoms with E-state index in [0.717, 1.165) is 5.56 Å². The summed E-state index contributed by atoms with van der Waals surface area (Å²) < 4.78 is 32.2. The van der Waals surface area contributed by atoms with E-state index in [4.69, 9.17) is 9.63 Å². The third-order valence-electron chi connectivity index (χ3n) is 3.77. The number of benzene rings is 1. The van der Waals surface area contributed by atoms with Crippen LogP contribution in [0.4, 0.5) is 5.69 Å². The molecule has 2 aromatic rings. The highest BCUT2D eigenvalue weighted by Gasteiger charge is 2.24. The lowest BCUT2D eigenvalue weighted by Crippen LogP contribution is -2.16. The first-order valence-electron chi connectivity index (χ1n) is 7.52. The van der Waals surface area contributed by atoms with E-state index in [0.29, 0.717) is 24.2 Å². The molecule has 2 rings (SSSR count). The Morgan fingerprint density at radius 1 is 1.29 bits per heavy atom. The SMILES string of the molecule is CCC(Cc1ccc(NS(=O)(=O)c2c(C)noc2C)cc1)C(=O)O. The van der Waals surface area contributed by atoms with Crippen molar-refractivity contribution < 1.29 is 22.8 Å². The zero-order valence-electron chi connectivity index (χ0n) is 13.7. The van der Waals surface area contributed by atoms with Crippen LogP contribution in [0.5, 0.6) is 0 Å². The topological polar surface area (TPSA) is 110 Å². The second-order valence-electron chi connectivity index (χ2n) is 5.60. The van der Waals surface area contributed by atoms with Crippen LogP contribution >= 0.6 is 0 Å². The normalized spacial score (nSPS) is 12.8. The van der Waals surface area contributed by atoms with Crippen molar-refractivity contribution in [3.05, 3.63) is 41.3 Å². The lowest BCUT2D eigenvalue weighted by molar-refractivity contribution is -0.141. The lowest BCUT2D eigenvalue weighted by atomic mass is 9.97. The Hall–Kier alpha value is -2.35. The van der Waals surface area contributed by atoms with Crippen LogP contribution in [0.3, 0.4) is 0 Å². The summed E-state index contributed by atoms with van der Waals surface area (Å²) >= 11 is 0. The van der Waals surface area contributed by atoms with Crippen LogP contribution in [-0.2, 0) is 21.2 Å². The molecule has 1 atom stereocenters. The fraction of sp³-hybridized carbons (Fsp3) is 0.375. The van der Waals surface area contributed by atoms with Crippen molar-refractivity contribution in [3.8, 4) is 0 Å². The molecule has 0 fully saturated rings. The smallest absolute Gasteiger partial charge is 0.306 e. The molecule has 0 spiro atoms. The molecule has 1 aromatic heterocycles. The molecule has 1 heterocycles. The summed E-state index contributed by atoms with van der Waals surface area (Å²) in [6.07, 6.45) is 0.943. The number of carboxylic acids is 1. The van der Waals surface area contributed by atoms with E-state index in [9.17, 15) is 13.2 Å². The number of carboxylic acid groups (broad SMARTS) is 1. The van der Waals surface area contributed by atoms with Gasteiger partial charge >= 0.3 is 5.97 Å². The van der Waals surface area contributed by atoms with E-state index in [1.165, 1.54) is 6.92 Å². The number of hydrogen-bond acceptors (Lipinski definition) is 5. The molecular formula is C16H20N2O5S. The van der Waals surface area contributed by atoms with Crippen LogP contribution in [0, 0.1) is 19.8 Å². The average molecular weight is 352 g/mol. The van der Waals surface area contributed by atoms with Gasteiger partial charge in [-0.05, 0) is 44.4 Å². The van der Waals surface area contributed by atoms with Gasteiger partial charge in [0.05, 0.1) is 5.92 Å². The lowest BCUT2D eigenvalue weighted by Gasteiger charge is -2.11. The Morgan fingerprint density at radius 2 is 1.92 bits per heavy atom. The van der Waals surface area contributed by atoms with Crippen molar-refractivity contribution in [1.82, 2.24) is 5.16 Å². The number of rotatable bonds is 7. The zero-order valence-corrected chi connectivity index (χ0v) is 14.6. The maximum atomic E-state index is 12.4. The van der Waals surface area contributed by atoms with Crippen LogP contribution in [0.15, 0.2) is 33.7 Å². The van der Waals surface area contributed by atoms with Crippen molar-refractivity contribution in [2.75, 3.05) is 4.72 Å². The quantitative estimate of drug-likeness (QED) is 0.793. The van der Waals surface area contributed by atoms with E-state index >= 15 is 0 Å². The monoisotopic (exact) mass is 352 g/mol. The van der Waals surface area contributed by atoms with Crippen LogP contribution in [0.25, 0.3) is 0 Å². The second-order valence-corrected chi connectivity index (χ2v) is 7.22. The predicted octanol–water partition coefficient (Wildman–Crippen LogP) is 2.75. The molecule has 0 radical (unpaired) electrons. The highest BCUT2D eigenvalue weighted by molar-refractivity contribution is 7.92. The number of anilines is 1. The molecule has 0 aliphatic heterocycles. The van der Waals surface area contributed by atoms with Crippen molar-refractivity contribution in [1.29, 1.82) is 0 Å². The first-order valence-corrected chi connectivity index (χ1v) is 9.00. The van der Waals surface area contributed by atoms with Crippen molar-refractivity contribution in [2.45, 2.75) is 38.5 Å². The molecule has 24 heavy (non-hydrogen) atoms. The van der Waals surface area contributed by atoms with Crippen molar-refractivity contribution in [2.24, 2.45) is 5.92 Å². The van der Waals surface area contributed by atoms with E-state index in [2.05, 4.69) is 9.88 Å². The van der Waals surface area contributed by atoms with E-state index in [-0.39, 0.29) is 10.7 Å². The number of carbonyl (C=O) groups is 1. The molecule has 2 N–H and O–H groups in total. The fourth-order valence-corrected chi connectivity index (χ4v) is 3.85. The molecule has 0 amide bonds. The fourth-order valence-electron chi connectivity index (χ4n) is 2.46. The molecular weight excluding hydrogens is 332 g/mol. The Kier molecular flexibility index (Phi) is 5.28. The van der Waals surface area contributed by atoms with Gasteiger partial charge in [-0.25, -0.2) is 8.42 Å². The minimum Gasteiger partial charge on any atom is -0.481 e. The van der Waals surface area contributed by atoms with E-state index in [1.54, 1.807) is 31.2 Å². The maximum Gasteiger partial charge on any atom is 0.306 e. The molecule has 0 saturated heterocycles. The number of aryl methyl sites for hydroxylation is 2. The highest BCUT2D eigenvalue weighted by Crippen LogP contribution is 2.23. The van der Waals surface area contributed by atoms with Crippen LogP contribution < -0.4 is 4.72 Å². The molecule has 0 saturated carbocycles. The largest absolute Gasteiger partial charge is 0.481 e. The van der Waals surface area contributed by atoms with Crippen molar-refractivity contribution >= 4 is 21.7 Å². The van der Waals surface area contributed by atoms with Gasteiger partial charge in [0.15, 0.2) is 10.7 Å². The molecule has 1 aromatic carbocycles. The van der Waals surface area contributed by atoms with Crippen LogP contribution in [-0.4, -0.2) is 24.7 Å². The van der Waals surface area contributed by atoms with Crippen molar-refractivity contribution in [3.63, 3.8) is 0 Å². The number of nitrogens with one attached hydrogen (secondary N) is 1. The Balaban J connectivity index is 2.16. The molecule has 130 valence electrons. The van der Waals surface area contributed by atoms with Gasteiger partial charge < -0.3 is 9.63 Å². The molecule has 7 nitrogen and oxygen atoms in total. The number of nitrogens with zero attached hydrogens (tertiary/aromatic N) is 1. The molecule has 0 aliphatic carbocycles. The summed E-state index contributed by atoms with van der Waals surface area (Å²) in [5.41, 5.74) is 1.52. The van der Waals surface area contributed by atoms with Gasteiger partial charge in [-0.2, -0.15) is 0 Å².